The van der Waals surface area contributed by atoms with E-state index in [-0.39, 0.29) is 17.7 Å². The molecular formula is C19H25NO4. The molecule has 24 heavy (non-hydrogen) atoms. The summed E-state index contributed by atoms with van der Waals surface area (Å²) in [6.45, 7) is 4.21. The summed E-state index contributed by atoms with van der Waals surface area (Å²) in [6.07, 6.45) is 1.82. The zero-order valence-corrected chi connectivity index (χ0v) is 14.1. The van der Waals surface area contributed by atoms with Crippen LogP contribution in [0, 0.1) is 17.8 Å². The van der Waals surface area contributed by atoms with Crippen LogP contribution in [0.3, 0.4) is 0 Å². The van der Waals surface area contributed by atoms with Crippen molar-refractivity contribution in [1.82, 2.24) is 4.90 Å². The molecule has 0 spiro atoms. The van der Waals surface area contributed by atoms with Gasteiger partial charge < -0.3 is 14.7 Å². The number of ether oxygens (including phenoxy) is 1. The Balaban J connectivity index is 1.72. The van der Waals surface area contributed by atoms with Gasteiger partial charge in [-0.15, -0.1) is 0 Å². The molecule has 0 aliphatic carbocycles. The number of benzene rings is 1. The first kappa shape index (κ1) is 17.0. The van der Waals surface area contributed by atoms with E-state index in [1.807, 2.05) is 37.3 Å². The summed E-state index contributed by atoms with van der Waals surface area (Å²) in [4.78, 5) is 26.3. The number of carboxylic acid groups (broad SMARTS) is 1. The van der Waals surface area contributed by atoms with Crippen LogP contribution in [0.4, 0.5) is 0 Å². The van der Waals surface area contributed by atoms with E-state index >= 15 is 0 Å². The van der Waals surface area contributed by atoms with E-state index in [0.29, 0.717) is 32.2 Å². The molecule has 1 aromatic rings. The molecule has 2 saturated heterocycles. The van der Waals surface area contributed by atoms with Gasteiger partial charge >= 0.3 is 5.97 Å². The second-order valence-corrected chi connectivity index (χ2v) is 6.94. The van der Waals surface area contributed by atoms with Gasteiger partial charge in [-0.25, -0.2) is 0 Å². The van der Waals surface area contributed by atoms with E-state index in [2.05, 4.69) is 0 Å². The summed E-state index contributed by atoms with van der Waals surface area (Å²) in [5.74, 6) is -1.12. The zero-order chi connectivity index (χ0) is 17.1. The number of hydrogen-bond donors (Lipinski definition) is 1. The van der Waals surface area contributed by atoms with E-state index in [0.717, 1.165) is 18.4 Å². The molecule has 130 valence electrons. The molecule has 0 radical (unpaired) electrons. The lowest BCUT2D eigenvalue weighted by Crippen LogP contribution is -2.38. The van der Waals surface area contributed by atoms with E-state index in [9.17, 15) is 14.7 Å². The highest BCUT2D eigenvalue weighted by Gasteiger charge is 2.42. The van der Waals surface area contributed by atoms with Crippen molar-refractivity contribution >= 4 is 11.9 Å². The van der Waals surface area contributed by atoms with Crippen LogP contribution in [-0.4, -0.2) is 48.2 Å². The van der Waals surface area contributed by atoms with Gasteiger partial charge in [0.15, 0.2) is 0 Å². The van der Waals surface area contributed by atoms with Crippen molar-refractivity contribution in [3.63, 3.8) is 0 Å². The molecule has 0 saturated carbocycles. The zero-order valence-electron chi connectivity index (χ0n) is 14.1. The van der Waals surface area contributed by atoms with Gasteiger partial charge in [0.25, 0.3) is 0 Å². The number of nitrogens with zero attached hydrogens (tertiary/aromatic N) is 1. The summed E-state index contributed by atoms with van der Waals surface area (Å²) in [5.41, 5.74) is 0.999. The minimum absolute atomic E-state index is 0.0714. The fourth-order valence-electron chi connectivity index (χ4n) is 3.98. The number of carbonyl (C=O) groups excluding carboxylic acids is 1. The van der Waals surface area contributed by atoms with Gasteiger partial charge in [-0.2, -0.15) is 0 Å². The Morgan fingerprint density at radius 2 is 1.83 bits per heavy atom. The van der Waals surface area contributed by atoms with Crippen molar-refractivity contribution in [2.45, 2.75) is 25.7 Å². The Kier molecular flexibility index (Phi) is 5.19. The Labute approximate surface area is 142 Å². The third kappa shape index (κ3) is 3.46. The number of aliphatic carboxylic acids is 1. The monoisotopic (exact) mass is 331 g/mol. The minimum Gasteiger partial charge on any atom is -0.481 e. The van der Waals surface area contributed by atoms with Gasteiger partial charge in [0.1, 0.15) is 0 Å². The fraction of sp³-hybridized carbons (Fsp3) is 0.579. The lowest BCUT2D eigenvalue weighted by Gasteiger charge is -2.30. The molecule has 5 nitrogen and oxygen atoms in total. The summed E-state index contributed by atoms with van der Waals surface area (Å²) < 4.78 is 5.38. The van der Waals surface area contributed by atoms with Crippen molar-refractivity contribution in [2.24, 2.45) is 17.8 Å². The summed E-state index contributed by atoms with van der Waals surface area (Å²) >= 11 is 0. The molecule has 3 rings (SSSR count). The van der Waals surface area contributed by atoms with Crippen LogP contribution in [0.1, 0.15) is 31.2 Å². The standard InChI is InChI=1S/C19H25NO4/c1-13(14-7-9-24-10-8-14)18(21)20-11-16(17(12-20)19(22)23)15-5-3-2-4-6-15/h2-6,13-14,16-17H,7-12H2,1H3,(H,22,23). The van der Waals surface area contributed by atoms with E-state index < -0.39 is 11.9 Å². The van der Waals surface area contributed by atoms with Crippen molar-refractivity contribution in [1.29, 1.82) is 0 Å². The molecule has 0 aromatic heterocycles. The lowest BCUT2D eigenvalue weighted by atomic mass is 9.86. The maximum Gasteiger partial charge on any atom is 0.308 e. The molecule has 3 unspecified atom stereocenters. The Hall–Kier alpha value is -1.88. The number of hydrogen-bond acceptors (Lipinski definition) is 3. The Bertz CT molecular complexity index is 582. The number of carboxylic acids is 1. The smallest absolute Gasteiger partial charge is 0.308 e. The molecule has 1 aromatic carbocycles. The third-order valence-corrected chi connectivity index (χ3v) is 5.54. The van der Waals surface area contributed by atoms with Gasteiger partial charge in [-0.3, -0.25) is 9.59 Å². The van der Waals surface area contributed by atoms with Crippen LogP contribution in [-0.2, 0) is 14.3 Å². The van der Waals surface area contributed by atoms with Crippen LogP contribution in [0.2, 0.25) is 0 Å². The number of carbonyl (C=O) groups is 2. The van der Waals surface area contributed by atoms with Gasteiger partial charge in [-0.1, -0.05) is 37.3 Å². The molecular weight excluding hydrogens is 306 g/mol. The molecule has 2 aliphatic heterocycles. The van der Waals surface area contributed by atoms with Crippen molar-refractivity contribution in [3.8, 4) is 0 Å². The molecule has 3 atom stereocenters. The predicted molar refractivity (Wildman–Crippen MR) is 89.6 cm³/mol. The van der Waals surface area contributed by atoms with Crippen molar-refractivity contribution in [3.05, 3.63) is 35.9 Å². The highest BCUT2D eigenvalue weighted by atomic mass is 16.5. The summed E-state index contributed by atoms with van der Waals surface area (Å²) in [7, 11) is 0. The molecule has 2 fully saturated rings. The number of rotatable bonds is 4. The molecule has 1 amide bonds. The van der Waals surface area contributed by atoms with Crippen LogP contribution in [0.15, 0.2) is 30.3 Å². The maximum absolute atomic E-state index is 12.9. The molecule has 2 heterocycles. The average molecular weight is 331 g/mol. The van der Waals surface area contributed by atoms with E-state index in [1.165, 1.54) is 0 Å². The van der Waals surface area contributed by atoms with Gasteiger partial charge in [0.2, 0.25) is 5.91 Å². The first-order chi connectivity index (χ1) is 11.6. The van der Waals surface area contributed by atoms with E-state index in [4.69, 9.17) is 4.74 Å². The van der Waals surface area contributed by atoms with Crippen molar-refractivity contribution in [2.75, 3.05) is 26.3 Å². The largest absolute Gasteiger partial charge is 0.481 e. The minimum atomic E-state index is -0.821. The second-order valence-electron chi connectivity index (χ2n) is 6.94. The van der Waals surface area contributed by atoms with Crippen LogP contribution in [0.25, 0.3) is 0 Å². The Morgan fingerprint density at radius 3 is 2.46 bits per heavy atom. The Morgan fingerprint density at radius 1 is 1.17 bits per heavy atom. The summed E-state index contributed by atoms with van der Waals surface area (Å²) in [5, 5.41) is 9.58. The quantitative estimate of drug-likeness (QED) is 0.920. The molecule has 1 N–H and O–H groups in total. The second kappa shape index (κ2) is 7.34. The molecule has 2 aliphatic rings. The fourth-order valence-corrected chi connectivity index (χ4v) is 3.98. The average Bonchev–Trinajstić information content (AvgIpc) is 3.07. The molecule has 5 heteroatoms. The number of likely N-dealkylation sites (tertiary alicyclic amines) is 1. The van der Waals surface area contributed by atoms with Crippen LogP contribution < -0.4 is 0 Å². The maximum atomic E-state index is 12.9. The highest BCUT2D eigenvalue weighted by molar-refractivity contribution is 5.81. The topological polar surface area (TPSA) is 66.8 Å². The van der Waals surface area contributed by atoms with Crippen LogP contribution >= 0.6 is 0 Å². The highest BCUT2D eigenvalue weighted by Crippen LogP contribution is 2.35. The number of amides is 1. The first-order valence-corrected chi connectivity index (χ1v) is 8.72. The molecule has 0 bridgehead atoms. The normalized spacial score (nSPS) is 26.3. The van der Waals surface area contributed by atoms with E-state index in [1.54, 1.807) is 4.90 Å². The van der Waals surface area contributed by atoms with Gasteiger partial charge in [0.05, 0.1) is 5.92 Å². The van der Waals surface area contributed by atoms with Gasteiger partial charge in [-0.05, 0) is 24.3 Å². The lowest BCUT2D eigenvalue weighted by molar-refractivity contribution is -0.142. The SMILES string of the molecule is CC(C(=O)N1CC(C(=O)O)C(c2ccccc2)C1)C1CCOCC1. The van der Waals surface area contributed by atoms with Gasteiger partial charge in [0, 0.05) is 38.1 Å². The predicted octanol–water partition coefficient (Wildman–Crippen LogP) is 2.38. The summed E-state index contributed by atoms with van der Waals surface area (Å²) in [6, 6.07) is 9.67. The van der Waals surface area contributed by atoms with Crippen molar-refractivity contribution < 1.29 is 19.4 Å². The first-order valence-electron chi connectivity index (χ1n) is 8.72. The van der Waals surface area contributed by atoms with Crippen LogP contribution in [0.5, 0.6) is 0 Å². The third-order valence-electron chi connectivity index (χ3n) is 5.54.